The molecule has 0 aliphatic heterocycles. The summed E-state index contributed by atoms with van der Waals surface area (Å²) in [5.74, 6) is 2.71. The average molecular weight is 167 g/mol. The Morgan fingerprint density at radius 1 is 1.08 bits per heavy atom. The van der Waals surface area contributed by atoms with E-state index in [0.29, 0.717) is 12.1 Å². The van der Waals surface area contributed by atoms with E-state index in [2.05, 4.69) is 32.0 Å². The first kappa shape index (κ1) is 11.5. The van der Waals surface area contributed by atoms with E-state index in [1.165, 1.54) is 12.8 Å². The maximum absolute atomic E-state index is 5.27. The van der Waals surface area contributed by atoms with Crippen LogP contribution >= 0.6 is 0 Å². The molecule has 0 aromatic heterocycles. The number of hydrogen-bond acceptors (Lipinski definition) is 1. The zero-order valence-corrected chi connectivity index (χ0v) is 8.56. The lowest BCUT2D eigenvalue weighted by atomic mass is 10.1. The van der Waals surface area contributed by atoms with E-state index in [4.69, 9.17) is 6.42 Å². The fourth-order valence-corrected chi connectivity index (χ4v) is 1.32. The zero-order valence-electron chi connectivity index (χ0n) is 8.56. The Hall–Kier alpha value is -0.480. The third kappa shape index (κ3) is 4.41. The third-order valence-electron chi connectivity index (χ3n) is 2.31. The van der Waals surface area contributed by atoms with Gasteiger partial charge in [0.2, 0.25) is 0 Å². The molecule has 1 N–H and O–H groups in total. The molecule has 0 aromatic rings. The van der Waals surface area contributed by atoms with Gasteiger partial charge >= 0.3 is 0 Å². The molecular formula is C11H21N. The molecule has 1 atom stereocenters. The van der Waals surface area contributed by atoms with Gasteiger partial charge in [0.15, 0.2) is 0 Å². The van der Waals surface area contributed by atoms with Gasteiger partial charge in [0.1, 0.15) is 0 Å². The van der Waals surface area contributed by atoms with Crippen molar-refractivity contribution in [3.8, 4) is 12.3 Å². The zero-order chi connectivity index (χ0) is 9.40. The summed E-state index contributed by atoms with van der Waals surface area (Å²) in [5, 5.41) is 3.56. The van der Waals surface area contributed by atoms with Crippen molar-refractivity contribution in [3.05, 3.63) is 0 Å². The van der Waals surface area contributed by atoms with Crippen LogP contribution in [0.5, 0.6) is 0 Å². The van der Waals surface area contributed by atoms with Crippen LogP contribution in [0.3, 0.4) is 0 Å². The van der Waals surface area contributed by atoms with Crippen molar-refractivity contribution in [2.45, 2.75) is 58.5 Å². The van der Waals surface area contributed by atoms with Gasteiger partial charge in [0.05, 0.1) is 0 Å². The summed E-state index contributed by atoms with van der Waals surface area (Å²) in [7, 11) is 0. The van der Waals surface area contributed by atoms with Crippen LogP contribution in [-0.4, -0.2) is 12.1 Å². The van der Waals surface area contributed by atoms with Crippen molar-refractivity contribution in [1.29, 1.82) is 0 Å². The highest BCUT2D eigenvalue weighted by atomic mass is 14.9. The molecule has 0 spiro atoms. The minimum absolute atomic E-state index is 0.514. The molecular weight excluding hydrogens is 146 g/mol. The van der Waals surface area contributed by atoms with Crippen LogP contribution < -0.4 is 5.32 Å². The van der Waals surface area contributed by atoms with Crippen LogP contribution in [0.1, 0.15) is 46.5 Å². The van der Waals surface area contributed by atoms with Crippen LogP contribution in [0.25, 0.3) is 0 Å². The molecule has 12 heavy (non-hydrogen) atoms. The molecule has 0 aliphatic rings. The molecule has 0 saturated heterocycles. The lowest BCUT2D eigenvalue weighted by Crippen LogP contribution is -2.36. The summed E-state index contributed by atoms with van der Waals surface area (Å²) >= 11 is 0. The van der Waals surface area contributed by atoms with Gasteiger partial charge < -0.3 is 5.32 Å². The minimum Gasteiger partial charge on any atom is -0.310 e. The van der Waals surface area contributed by atoms with Crippen LogP contribution in [0.2, 0.25) is 0 Å². The second kappa shape index (κ2) is 7.18. The normalized spacial score (nSPS) is 12.9. The number of terminal acetylenes is 1. The van der Waals surface area contributed by atoms with Crippen molar-refractivity contribution in [2.75, 3.05) is 0 Å². The largest absolute Gasteiger partial charge is 0.310 e. The highest BCUT2D eigenvalue weighted by molar-refractivity contribution is 4.90. The summed E-state index contributed by atoms with van der Waals surface area (Å²) in [6.07, 6.45) is 9.64. The average Bonchev–Trinajstić information content (AvgIpc) is 2.12. The van der Waals surface area contributed by atoms with E-state index in [1.54, 1.807) is 0 Å². The highest BCUT2D eigenvalue weighted by Gasteiger charge is 2.08. The van der Waals surface area contributed by atoms with Gasteiger partial charge in [-0.2, -0.15) is 0 Å². The second-order valence-corrected chi connectivity index (χ2v) is 3.19. The van der Waals surface area contributed by atoms with E-state index in [0.717, 1.165) is 12.8 Å². The van der Waals surface area contributed by atoms with Gasteiger partial charge in [0.25, 0.3) is 0 Å². The molecule has 1 nitrogen and oxygen atoms in total. The van der Waals surface area contributed by atoms with Gasteiger partial charge in [-0.05, 0) is 19.3 Å². The number of hydrogen-bond donors (Lipinski definition) is 1. The Labute approximate surface area is 76.9 Å². The predicted molar refractivity (Wildman–Crippen MR) is 55.0 cm³/mol. The van der Waals surface area contributed by atoms with Crippen LogP contribution in [0.15, 0.2) is 0 Å². The molecule has 0 aromatic carbocycles. The van der Waals surface area contributed by atoms with Crippen LogP contribution in [-0.2, 0) is 0 Å². The molecule has 0 saturated carbocycles. The molecule has 0 amide bonds. The van der Waals surface area contributed by atoms with E-state index in [9.17, 15) is 0 Å². The molecule has 0 aliphatic carbocycles. The topological polar surface area (TPSA) is 12.0 Å². The van der Waals surface area contributed by atoms with E-state index in [-0.39, 0.29) is 0 Å². The van der Waals surface area contributed by atoms with Gasteiger partial charge in [-0.3, -0.25) is 0 Å². The summed E-state index contributed by atoms with van der Waals surface area (Å²) in [6.45, 7) is 6.60. The summed E-state index contributed by atoms with van der Waals surface area (Å²) in [6, 6.07) is 1.16. The van der Waals surface area contributed by atoms with Crippen molar-refractivity contribution in [1.82, 2.24) is 5.32 Å². The first-order valence-corrected chi connectivity index (χ1v) is 4.97. The van der Waals surface area contributed by atoms with Crippen LogP contribution in [0.4, 0.5) is 0 Å². The maximum Gasteiger partial charge on any atom is 0.0240 e. The lowest BCUT2D eigenvalue weighted by molar-refractivity contribution is 0.403. The fraction of sp³-hybridized carbons (Fsp3) is 0.818. The molecule has 0 radical (unpaired) electrons. The molecule has 0 heterocycles. The Balaban J connectivity index is 3.75. The van der Waals surface area contributed by atoms with E-state index in [1.807, 2.05) is 0 Å². The first-order chi connectivity index (χ1) is 5.78. The lowest BCUT2D eigenvalue weighted by Gasteiger charge is -2.21. The molecule has 0 bridgehead atoms. The molecule has 70 valence electrons. The predicted octanol–water partition coefficient (Wildman–Crippen LogP) is 2.57. The number of nitrogens with one attached hydrogen (secondary N) is 1. The van der Waals surface area contributed by atoms with Crippen molar-refractivity contribution >= 4 is 0 Å². The minimum atomic E-state index is 0.514. The Morgan fingerprint density at radius 3 is 1.92 bits per heavy atom. The monoisotopic (exact) mass is 167 g/mol. The molecule has 1 unspecified atom stereocenters. The molecule has 0 rings (SSSR count). The Bertz CT molecular complexity index is 130. The van der Waals surface area contributed by atoms with Gasteiger partial charge in [-0.1, -0.05) is 20.8 Å². The van der Waals surface area contributed by atoms with E-state index < -0.39 is 0 Å². The smallest absolute Gasteiger partial charge is 0.0240 e. The van der Waals surface area contributed by atoms with Gasteiger partial charge in [-0.15, -0.1) is 12.3 Å². The first-order valence-electron chi connectivity index (χ1n) is 4.97. The van der Waals surface area contributed by atoms with Gasteiger partial charge in [0, 0.05) is 18.5 Å². The molecule has 0 fully saturated rings. The van der Waals surface area contributed by atoms with Crippen molar-refractivity contribution < 1.29 is 0 Å². The second-order valence-electron chi connectivity index (χ2n) is 3.19. The maximum atomic E-state index is 5.27. The van der Waals surface area contributed by atoms with Gasteiger partial charge in [-0.25, -0.2) is 0 Å². The standard InChI is InChI=1S/C11H21N/c1-5-9-11(8-4)12-10(6-2)7-3/h1,10-12H,6-9H2,2-4H3. The third-order valence-corrected chi connectivity index (χ3v) is 2.31. The fourth-order valence-electron chi connectivity index (χ4n) is 1.32. The summed E-state index contributed by atoms with van der Waals surface area (Å²) < 4.78 is 0. The Kier molecular flexibility index (Phi) is 6.90. The van der Waals surface area contributed by atoms with Crippen molar-refractivity contribution in [2.24, 2.45) is 0 Å². The van der Waals surface area contributed by atoms with Crippen molar-refractivity contribution in [3.63, 3.8) is 0 Å². The highest BCUT2D eigenvalue weighted by Crippen LogP contribution is 2.03. The molecule has 1 heteroatoms. The van der Waals surface area contributed by atoms with E-state index >= 15 is 0 Å². The quantitative estimate of drug-likeness (QED) is 0.599. The van der Waals surface area contributed by atoms with Crippen LogP contribution in [0, 0.1) is 12.3 Å². The SMILES string of the molecule is C#CCC(CC)NC(CC)CC. The summed E-state index contributed by atoms with van der Waals surface area (Å²) in [5.41, 5.74) is 0. The summed E-state index contributed by atoms with van der Waals surface area (Å²) in [4.78, 5) is 0. The number of rotatable bonds is 6. The Morgan fingerprint density at radius 2 is 1.58 bits per heavy atom.